The van der Waals surface area contributed by atoms with Crippen LogP contribution < -0.4 is 10.6 Å². The predicted octanol–water partition coefficient (Wildman–Crippen LogP) is 2.64. The van der Waals surface area contributed by atoms with Gasteiger partial charge in [0.15, 0.2) is 5.96 Å². The van der Waals surface area contributed by atoms with Crippen molar-refractivity contribution in [2.75, 3.05) is 38.6 Å². The smallest absolute Gasteiger partial charge is 0.191 e. The van der Waals surface area contributed by atoms with Gasteiger partial charge in [-0.15, -0.1) is 0 Å². The summed E-state index contributed by atoms with van der Waals surface area (Å²) >= 11 is 2.07. The fourth-order valence-corrected chi connectivity index (χ4v) is 3.69. The predicted molar refractivity (Wildman–Crippen MR) is 92.2 cm³/mol. The second-order valence-corrected chi connectivity index (χ2v) is 8.08. The molecule has 0 aromatic rings. The van der Waals surface area contributed by atoms with Crippen molar-refractivity contribution in [1.82, 2.24) is 10.6 Å². The maximum absolute atomic E-state index is 5.65. The molecule has 1 saturated carbocycles. The van der Waals surface area contributed by atoms with Gasteiger partial charge in [-0.05, 0) is 57.6 Å². The fourth-order valence-electron chi connectivity index (χ4n) is 2.47. The van der Waals surface area contributed by atoms with Crippen molar-refractivity contribution in [3.63, 3.8) is 0 Å². The van der Waals surface area contributed by atoms with Crippen molar-refractivity contribution >= 4 is 17.7 Å². The third-order valence-corrected chi connectivity index (χ3v) is 5.55. The van der Waals surface area contributed by atoms with E-state index in [4.69, 9.17) is 9.73 Å². The molecular weight excluding hydrogens is 282 g/mol. The third-order valence-electron chi connectivity index (χ3n) is 4.02. The first-order valence-electron chi connectivity index (χ1n) is 8.46. The summed E-state index contributed by atoms with van der Waals surface area (Å²) in [6.07, 6.45) is 6.40. The fraction of sp³-hybridized carbons (Fsp3) is 0.938. The van der Waals surface area contributed by atoms with Gasteiger partial charge in [0.05, 0.1) is 6.54 Å². The number of aliphatic imine (C=N–C) groups is 1. The topological polar surface area (TPSA) is 45.7 Å². The highest BCUT2D eigenvalue weighted by atomic mass is 32.2. The molecule has 0 aromatic carbocycles. The number of nitrogens with one attached hydrogen (secondary N) is 2. The van der Waals surface area contributed by atoms with E-state index in [1.54, 1.807) is 0 Å². The SMILES string of the molecule is CCNC(=NCC1(C)CCCS1)NCCCOCC1CC1. The van der Waals surface area contributed by atoms with Gasteiger partial charge in [-0.3, -0.25) is 4.99 Å². The number of ether oxygens (including phenoxy) is 1. The van der Waals surface area contributed by atoms with Crippen LogP contribution in [0.2, 0.25) is 0 Å². The monoisotopic (exact) mass is 313 g/mol. The van der Waals surface area contributed by atoms with Crippen molar-refractivity contribution < 1.29 is 4.74 Å². The van der Waals surface area contributed by atoms with Crippen LogP contribution in [0.3, 0.4) is 0 Å². The highest BCUT2D eigenvalue weighted by molar-refractivity contribution is 8.00. The highest BCUT2D eigenvalue weighted by Gasteiger charge is 2.29. The van der Waals surface area contributed by atoms with E-state index < -0.39 is 0 Å². The minimum atomic E-state index is 0.343. The summed E-state index contributed by atoms with van der Waals surface area (Å²) in [5.74, 6) is 3.10. The molecule has 0 amide bonds. The molecule has 21 heavy (non-hydrogen) atoms. The van der Waals surface area contributed by atoms with Gasteiger partial charge in [-0.25, -0.2) is 0 Å². The zero-order valence-electron chi connectivity index (χ0n) is 13.6. The summed E-state index contributed by atoms with van der Waals surface area (Å²) in [7, 11) is 0. The lowest BCUT2D eigenvalue weighted by Crippen LogP contribution is -2.39. The zero-order chi connectivity index (χ0) is 15.0. The number of hydrogen-bond donors (Lipinski definition) is 2. The minimum absolute atomic E-state index is 0.343. The molecule has 1 aliphatic carbocycles. The number of thioether (sulfide) groups is 1. The lowest BCUT2D eigenvalue weighted by molar-refractivity contribution is 0.123. The average Bonchev–Trinajstić information content (AvgIpc) is 3.20. The molecule has 1 saturated heterocycles. The van der Waals surface area contributed by atoms with Crippen LogP contribution in [0.1, 0.15) is 46.0 Å². The van der Waals surface area contributed by atoms with Crippen LogP contribution in [0.4, 0.5) is 0 Å². The van der Waals surface area contributed by atoms with Crippen LogP contribution in [-0.4, -0.2) is 49.3 Å². The van der Waals surface area contributed by atoms with Gasteiger partial charge in [-0.1, -0.05) is 0 Å². The Labute approximate surface area is 133 Å². The van der Waals surface area contributed by atoms with Crippen LogP contribution >= 0.6 is 11.8 Å². The molecule has 1 heterocycles. The Balaban J connectivity index is 1.60. The van der Waals surface area contributed by atoms with Gasteiger partial charge in [0, 0.05) is 31.1 Å². The first kappa shape index (κ1) is 16.9. The Morgan fingerprint density at radius 2 is 2.24 bits per heavy atom. The quantitative estimate of drug-likeness (QED) is 0.390. The van der Waals surface area contributed by atoms with E-state index in [0.29, 0.717) is 4.75 Å². The Morgan fingerprint density at radius 1 is 1.38 bits per heavy atom. The summed E-state index contributed by atoms with van der Waals surface area (Å²) in [6, 6.07) is 0. The van der Waals surface area contributed by atoms with Crippen LogP contribution in [0.5, 0.6) is 0 Å². The van der Waals surface area contributed by atoms with Crippen LogP contribution in [-0.2, 0) is 4.74 Å². The molecule has 122 valence electrons. The lowest BCUT2D eigenvalue weighted by Gasteiger charge is -2.21. The number of hydrogen-bond acceptors (Lipinski definition) is 3. The third kappa shape index (κ3) is 6.92. The molecule has 1 aliphatic heterocycles. The highest BCUT2D eigenvalue weighted by Crippen LogP contribution is 2.37. The van der Waals surface area contributed by atoms with E-state index in [1.165, 1.54) is 31.4 Å². The Morgan fingerprint density at radius 3 is 2.90 bits per heavy atom. The number of rotatable bonds is 9. The summed E-state index contributed by atoms with van der Waals surface area (Å²) in [5, 5.41) is 6.75. The Hall–Kier alpha value is -0.420. The standard InChI is InChI=1S/C16H31N3OS/c1-3-17-15(19-13-16(2)8-4-11-21-16)18-9-5-10-20-12-14-6-7-14/h14H,3-13H2,1-2H3,(H2,17,18,19). The maximum atomic E-state index is 5.65. The lowest BCUT2D eigenvalue weighted by atomic mass is 10.1. The zero-order valence-corrected chi connectivity index (χ0v) is 14.4. The van der Waals surface area contributed by atoms with Crippen molar-refractivity contribution in [2.24, 2.45) is 10.9 Å². The largest absolute Gasteiger partial charge is 0.381 e. The van der Waals surface area contributed by atoms with Crippen molar-refractivity contribution in [3.8, 4) is 0 Å². The Kier molecular flexibility index (Phi) is 7.17. The van der Waals surface area contributed by atoms with Gasteiger partial charge in [0.25, 0.3) is 0 Å². The van der Waals surface area contributed by atoms with Crippen molar-refractivity contribution in [1.29, 1.82) is 0 Å². The minimum Gasteiger partial charge on any atom is -0.381 e. The molecule has 2 fully saturated rings. The van der Waals surface area contributed by atoms with E-state index in [-0.39, 0.29) is 0 Å². The first-order valence-corrected chi connectivity index (χ1v) is 9.44. The average molecular weight is 314 g/mol. The number of guanidine groups is 1. The second kappa shape index (κ2) is 8.89. The van der Waals surface area contributed by atoms with Crippen molar-refractivity contribution in [2.45, 2.75) is 50.7 Å². The molecular formula is C16H31N3OS. The molecule has 0 bridgehead atoms. The van der Waals surface area contributed by atoms with E-state index in [0.717, 1.165) is 51.1 Å². The van der Waals surface area contributed by atoms with Gasteiger partial charge in [-0.2, -0.15) is 11.8 Å². The van der Waals surface area contributed by atoms with Gasteiger partial charge < -0.3 is 15.4 Å². The van der Waals surface area contributed by atoms with Crippen LogP contribution in [0.25, 0.3) is 0 Å². The van der Waals surface area contributed by atoms with Gasteiger partial charge in [0.2, 0.25) is 0 Å². The molecule has 0 spiro atoms. The molecule has 0 aromatic heterocycles. The second-order valence-electron chi connectivity index (χ2n) is 6.40. The van der Waals surface area contributed by atoms with Crippen LogP contribution in [0, 0.1) is 5.92 Å². The maximum Gasteiger partial charge on any atom is 0.191 e. The molecule has 2 aliphatic rings. The van der Waals surface area contributed by atoms with Crippen molar-refractivity contribution in [3.05, 3.63) is 0 Å². The van der Waals surface area contributed by atoms with E-state index in [2.05, 4.69) is 36.2 Å². The summed E-state index contributed by atoms with van der Waals surface area (Å²) in [6.45, 7) is 9.02. The van der Waals surface area contributed by atoms with E-state index in [9.17, 15) is 0 Å². The van der Waals surface area contributed by atoms with Crippen LogP contribution in [0.15, 0.2) is 4.99 Å². The van der Waals surface area contributed by atoms with Gasteiger partial charge in [0.1, 0.15) is 0 Å². The molecule has 4 nitrogen and oxygen atoms in total. The number of nitrogens with zero attached hydrogens (tertiary/aromatic N) is 1. The van der Waals surface area contributed by atoms with Gasteiger partial charge >= 0.3 is 0 Å². The summed E-state index contributed by atoms with van der Waals surface area (Å²) in [5.41, 5.74) is 0. The molecule has 2 rings (SSSR count). The van der Waals surface area contributed by atoms with E-state index in [1.807, 2.05) is 0 Å². The summed E-state index contributed by atoms with van der Waals surface area (Å²) in [4.78, 5) is 4.76. The van der Waals surface area contributed by atoms with E-state index >= 15 is 0 Å². The molecule has 5 heteroatoms. The molecule has 0 radical (unpaired) electrons. The first-order chi connectivity index (χ1) is 10.2. The molecule has 1 atom stereocenters. The normalized spacial score (nSPS) is 26.1. The molecule has 1 unspecified atom stereocenters. The summed E-state index contributed by atoms with van der Waals surface area (Å²) < 4.78 is 6.00. The Bertz CT molecular complexity index is 325. The molecule has 2 N–H and O–H groups in total.